The highest BCUT2D eigenvalue weighted by molar-refractivity contribution is 5.90. The highest BCUT2D eigenvalue weighted by atomic mass is 16.5. The van der Waals surface area contributed by atoms with E-state index < -0.39 is 6.10 Å². The summed E-state index contributed by atoms with van der Waals surface area (Å²) in [7, 11) is 0. The third-order valence-electron chi connectivity index (χ3n) is 5.75. The number of ether oxygens (including phenoxy) is 1. The van der Waals surface area contributed by atoms with Gasteiger partial charge < -0.3 is 9.84 Å². The van der Waals surface area contributed by atoms with Crippen LogP contribution in [0.2, 0.25) is 0 Å². The fourth-order valence-electron chi connectivity index (χ4n) is 3.89. The molecular weight excluding hydrogens is 392 g/mol. The highest BCUT2D eigenvalue weighted by Crippen LogP contribution is 2.28. The third kappa shape index (κ3) is 7.05. The molecule has 2 heteroatoms. The number of allylic oxidation sites excluding steroid dienone is 2. The van der Waals surface area contributed by atoms with E-state index in [9.17, 15) is 5.11 Å². The van der Waals surface area contributed by atoms with Gasteiger partial charge in [-0.15, -0.1) is 0 Å². The predicted molar refractivity (Wildman–Crippen MR) is 135 cm³/mol. The SMILES string of the molecule is CC(=C\C(C)C(O)C(C)COCc1ccccc1)/C(=C\c1ccccc1)c1ccccc1. The van der Waals surface area contributed by atoms with Crippen LogP contribution in [0.3, 0.4) is 0 Å². The first-order valence-electron chi connectivity index (χ1n) is 11.4. The van der Waals surface area contributed by atoms with E-state index in [1.807, 2.05) is 37.3 Å². The molecule has 32 heavy (non-hydrogen) atoms. The lowest BCUT2D eigenvalue weighted by atomic mass is 9.89. The molecule has 166 valence electrons. The van der Waals surface area contributed by atoms with Crippen LogP contribution in [0, 0.1) is 11.8 Å². The lowest BCUT2D eigenvalue weighted by molar-refractivity contribution is 0.0133. The Bertz CT molecular complexity index is 991. The first kappa shape index (κ1) is 23.7. The van der Waals surface area contributed by atoms with E-state index in [1.54, 1.807) is 0 Å². The Kier molecular flexibility index (Phi) is 9.03. The average molecular weight is 427 g/mol. The summed E-state index contributed by atoms with van der Waals surface area (Å²) in [5.74, 6) is 0.0456. The molecule has 3 unspecified atom stereocenters. The lowest BCUT2D eigenvalue weighted by Gasteiger charge is -2.24. The van der Waals surface area contributed by atoms with E-state index in [0.717, 1.165) is 16.7 Å². The van der Waals surface area contributed by atoms with Crippen LogP contribution in [-0.4, -0.2) is 17.8 Å². The Morgan fingerprint density at radius 2 is 1.41 bits per heavy atom. The number of hydrogen-bond acceptors (Lipinski definition) is 2. The second-order valence-electron chi connectivity index (χ2n) is 8.51. The minimum absolute atomic E-state index is 0.00760. The molecule has 0 radical (unpaired) electrons. The van der Waals surface area contributed by atoms with E-state index in [1.165, 1.54) is 11.1 Å². The van der Waals surface area contributed by atoms with Crippen LogP contribution >= 0.6 is 0 Å². The molecule has 0 saturated carbocycles. The van der Waals surface area contributed by atoms with Gasteiger partial charge in [0.2, 0.25) is 0 Å². The smallest absolute Gasteiger partial charge is 0.0717 e. The molecule has 3 atom stereocenters. The number of aliphatic hydroxyl groups is 1. The second kappa shape index (κ2) is 12.2. The van der Waals surface area contributed by atoms with Gasteiger partial charge in [0.25, 0.3) is 0 Å². The summed E-state index contributed by atoms with van der Waals surface area (Å²) in [6, 6.07) is 30.9. The largest absolute Gasteiger partial charge is 0.392 e. The van der Waals surface area contributed by atoms with Crippen LogP contribution in [0.25, 0.3) is 11.6 Å². The zero-order valence-corrected chi connectivity index (χ0v) is 19.3. The van der Waals surface area contributed by atoms with Crippen molar-refractivity contribution in [2.45, 2.75) is 33.5 Å². The van der Waals surface area contributed by atoms with Crippen molar-refractivity contribution in [2.24, 2.45) is 11.8 Å². The van der Waals surface area contributed by atoms with E-state index in [-0.39, 0.29) is 11.8 Å². The highest BCUT2D eigenvalue weighted by Gasteiger charge is 2.20. The molecule has 0 spiro atoms. The number of aliphatic hydroxyl groups excluding tert-OH is 1. The van der Waals surface area contributed by atoms with Crippen LogP contribution in [0.15, 0.2) is 103 Å². The number of benzene rings is 3. The summed E-state index contributed by atoms with van der Waals surface area (Å²) in [6.07, 6.45) is 3.92. The van der Waals surface area contributed by atoms with Gasteiger partial charge in [-0.25, -0.2) is 0 Å². The molecule has 0 heterocycles. The fourth-order valence-corrected chi connectivity index (χ4v) is 3.89. The molecule has 0 aromatic heterocycles. The van der Waals surface area contributed by atoms with Gasteiger partial charge in [-0.1, -0.05) is 111 Å². The first-order valence-corrected chi connectivity index (χ1v) is 11.4. The predicted octanol–water partition coefficient (Wildman–Crippen LogP) is 7.02. The van der Waals surface area contributed by atoms with Crippen molar-refractivity contribution in [3.8, 4) is 0 Å². The Morgan fingerprint density at radius 1 is 0.844 bits per heavy atom. The molecule has 0 saturated heterocycles. The fraction of sp³-hybridized carbons (Fsp3) is 0.267. The van der Waals surface area contributed by atoms with Gasteiger partial charge in [0.15, 0.2) is 0 Å². The van der Waals surface area contributed by atoms with Gasteiger partial charge >= 0.3 is 0 Å². The Morgan fingerprint density at radius 3 is 2.03 bits per heavy atom. The molecule has 3 aromatic rings. The first-order chi connectivity index (χ1) is 15.5. The molecule has 0 amide bonds. The summed E-state index contributed by atoms with van der Waals surface area (Å²) in [6.45, 7) is 7.35. The topological polar surface area (TPSA) is 29.5 Å². The van der Waals surface area contributed by atoms with Crippen molar-refractivity contribution in [1.82, 2.24) is 0 Å². The number of rotatable bonds is 10. The van der Waals surface area contributed by atoms with Crippen LogP contribution in [0.1, 0.15) is 37.5 Å². The third-order valence-corrected chi connectivity index (χ3v) is 5.75. The second-order valence-corrected chi connectivity index (χ2v) is 8.51. The summed E-state index contributed by atoms with van der Waals surface area (Å²) >= 11 is 0. The maximum absolute atomic E-state index is 10.9. The summed E-state index contributed by atoms with van der Waals surface area (Å²) in [5, 5.41) is 10.9. The van der Waals surface area contributed by atoms with Crippen LogP contribution in [0.4, 0.5) is 0 Å². The van der Waals surface area contributed by atoms with Crippen molar-refractivity contribution >= 4 is 11.6 Å². The molecule has 2 nitrogen and oxygen atoms in total. The minimum atomic E-state index is -0.477. The Labute approximate surface area is 192 Å². The molecule has 0 bridgehead atoms. The van der Waals surface area contributed by atoms with E-state index >= 15 is 0 Å². The Balaban J connectivity index is 1.69. The maximum atomic E-state index is 10.9. The van der Waals surface area contributed by atoms with Crippen molar-refractivity contribution in [1.29, 1.82) is 0 Å². The lowest BCUT2D eigenvalue weighted by Crippen LogP contribution is -2.28. The zero-order chi connectivity index (χ0) is 22.8. The van der Waals surface area contributed by atoms with Gasteiger partial charge in [-0.2, -0.15) is 0 Å². The van der Waals surface area contributed by atoms with Gasteiger partial charge in [0, 0.05) is 11.8 Å². The summed E-state index contributed by atoms with van der Waals surface area (Å²) in [4.78, 5) is 0. The van der Waals surface area contributed by atoms with Gasteiger partial charge in [0.1, 0.15) is 0 Å². The summed E-state index contributed by atoms with van der Waals surface area (Å²) < 4.78 is 5.86. The van der Waals surface area contributed by atoms with Crippen molar-refractivity contribution in [2.75, 3.05) is 6.61 Å². The Hall–Kier alpha value is -2.94. The van der Waals surface area contributed by atoms with E-state index in [2.05, 4.69) is 86.7 Å². The van der Waals surface area contributed by atoms with Crippen molar-refractivity contribution < 1.29 is 9.84 Å². The molecule has 3 aromatic carbocycles. The van der Waals surface area contributed by atoms with Gasteiger partial charge in [-0.05, 0) is 40.8 Å². The van der Waals surface area contributed by atoms with Gasteiger partial charge in [-0.3, -0.25) is 0 Å². The van der Waals surface area contributed by atoms with Crippen LogP contribution < -0.4 is 0 Å². The van der Waals surface area contributed by atoms with E-state index in [4.69, 9.17) is 4.74 Å². The quantitative estimate of drug-likeness (QED) is 0.279. The zero-order valence-electron chi connectivity index (χ0n) is 19.3. The van der Waals surface area contributed by atoms with Crippen molar-refractivity contribution in [3.63, 3.8) is 0 Å². The van der Waals surface area contributed by atoms with Crippen LogP contribution in [-0.2, 0) is 11.3 Å². The molecular formula is C30H34O2. The maximum Gasteiger partial charge on any atom is 0.0717 e. The monoisotopic (exact) mass is 426 g/mol. The average Bonchev–Trinajstić information content (AvgIpc) is 2.83. The van der Waals surface area contributed by atoms with Crippen molar-refractivity contribution in [3.05, 3.63) is 119 Å². The molecule has 0 aliphatic carbocycles. The standard InChI is InChI=1S/C30H34O2/c1-23(29(28-17-11-6-12-18-28)20-26-13-7-4-8-14-26)19-24(2)30(31)25(3)21-32-22-27-15-9-5-10-16-27/h4-20,24-25,30-31H,21-22H2,1-3H3/b23-19+,29-20+. The molecule has 0 fully saturated rings. The normalized spacial score (nSPS) is 15.2. The molecule has 1 N–H and O–H groups in total. The van der Waals surface area contributed by atoms with E-state index in [0.29, 0.717) is 13.2 Å². The molecule has 0 aliphatic heterocycles. The van der Waals surface area contributed by atoms with Gasteiger partial charge in [0.05, 0.1) is 19.3 Å². The summed E-state index contributed by atoms with van der Waals surface area (Å²) in [5.41, 5.74) is 5.81. The molecule has 3 rings (SSSR count). The van der Waals surface area contributed by atoms with Crippen LogP contribution in [0.5, 0.6) is 0 Å². The minimum Gasteiger partial charge on any atom is -0.392 e. The number of hydrogen-bond donors (Lipinski definition) is 1. The molecule has 0 aliphatic rings.